The maximum Gasteiger partial charge on any atom is 0.153 e. The van der Waals surface area contributed by atoms with E-state index in [1.165, 1.54) is 44.9 Å². The molecule has 2 fully saturated rings. The summed E-state index contributed by atoms with van der Waals surface area (Å²) in [4.78, 5) is 4.77. The van der Waals surface area contributed by atoms with E-state index < -0.39 is 0 Å². The Hall–Kier alpha value is -0.900. The number of H-pyrrole nitrogens is 1. The predicted octanol–water partition coefficient (Wildman–Crippen LogP) is 2.84. The van der Waals surface area contributed by atoms with Crippen LogP contribution in [0.4, 0.5) is 0 Å². The zero-order valence-electron chi connectivity index (χ0n) is 11.1. The van der Waals surface area contributed by atoms with Crippen LogP contribution in [0, 0.1) is 0 Å². The number of aromatic amines is 1. The lowest BCUT2D eigenvalue weighted by molar-refractivity contribution is 0.382. The van der Waals surface area contributed by atoms with Crippen molar-refractivity contribution in [2.75, 3.05) is 0 Å². The molecule has 0 radical (unpaired) electrons. The van der Waals surface area contributed by atoms with Crippen molar-refractivity contribution in [3.05, 3.63) is 11.6 Å². The summed E-state index contributed by atoms with van der Waals surface area (Å²) in [7, 11) is 0. The lowest BCUT2D eigenvalue weighted by Crippen LogP contribution is -2.27. The first-order chi connectivity index (χ1) is 8.83. The standard InChI is InChI=1S/C14H24N4/c15-12-8-4-7-11(9-12)14-16-13(17-18-14)10-5-2-1-3-6-10/h10-12H,1-9,15H2,(H,16,17,18). The molecule has 0 aliphatic heterocycles. The van der Waals surface area contributed by atoms with Gasteiger partial charge in [0.2, 0.25) is 0 Å². The Kier molecular flexibility index (Phi) is 3.64. The van der Waals surface area contributed by atoms with E-state index in [0.717, 1.165) is 24.5 Å². The maximum atomic E-state index is 6.05. The van der Waals surface area contributed by atoms with Crippen molar-refractivity contribution in [3.8, 4) is 0 Å². The van der Waals surface area contributed by atoms with Crippen molar-refractivity contribution in [1.82, 2.24) is 15.2 Å². The zero-order valence-corrected chi connectivity index (χ0v) is 11.1. The number of aromatic nitrogens is 3. The summed E-state index contributed by atoms with van der Waals surface area (Å²) >= 11 is 0. The summed E-state index contributed by atoms with van der Waals surface area (Å²) in [6, 6.07) is 0.348. The quantitative estimate of drug-likeness (QED) is 0.845. The molecule has 0 saturated heterocycles. The van der Waals surface area contributed by atoms with Crippen LogP contribution in [0.25, 0.3) is 0 Å². The van der Waals surface area contributed by atoms with E-state index in [2.05, 4.69) is 10.2 Å². The average molecular weight is 248 g/mol. The van der Waals surface area contributed by atoms with Crippen molar-refractivity contribution in [2.24, 2.45) is 5.73 Å². The van der Waals surface area contributed by atoms with Gasteiger partial charge in [0, 0.05) is 17.9 Å². The van der Waals surface area contributed by atoms with Crippen LogP contribution in [-0.2, 0) is 0 Å². The third-order valence-corrected chi connectivity index (χ3v) is 4.59. The van der Waals surface area contributed by atoms with Gasteiger partial charge in [0.1, 0.15) is 5.82 Å². The van der Waals surface area contributed by atoms with Gasteiger partial charge in [-0.25, -0.2) is 4.98 Å². The first-order valence-electron chi connectivity index (χ1n) is 7.50. The molecule has 100 valence electrons. The van der Waals surface area contributed by atoms with Crippen LogP contribution in [0.15, 0.2) is 0 Å². The first-order valence-corrected chi connectivity index (χ1v) is 7.50. The number of nitrogens with zero attached hydrogens (tertiary/aromatic N) is 2. The Bertz CT molecular complexity index is 381. The second-order valence-electron chi connectivity index (χ2n) is 6.04. The van der Waals surface area contributed by atoms with Gasteiger partial charge in [0.05, 0.1) is 0 Å². The molecule has 3 rings (SSSR count). The van der Waals surface area contributed by atoms with Gasteiger partial charge in [-0.1, -0.05) is 25.7 Å². The molecule has 0 spiro atoms. The van der Waals surface area contributed by atoms with Crippen LogP contribution in [0.5, 0.6) is 0 Å². The van der Waals surface area contributed by atoms with E-state index in [9.17, 15) is 0 Å². The molecule has 0 aromatic carbocycles. The van der Waals surface area contributed by atoms with Crippen molar-refractivity contribution < 1.29 is 0 Å². The van der Waals surface area contributed by atoms with E-state index in [4.69, 9.17) is 10.7 Å². The molecule has 1 aromatic heterocycles. The highest BCUT2D eigenvalue weighted by Crippen LogP contribution is 2.33. The van der Waals surface area contributed by atoms with Crippen LogP contribution < -0.4 is 5.73 Å². The molecule has 3 N–H and O–H groups in total. The summed E-state index contributed by atoms with van der Waals surface area (Å²) in [5, 5.41) is 7.64. The minimum atomic E-state index is 0.348. The Balaban J connectivity index is 1.68. The molecule has 1 heterocycles. The summed E-state index contributed by atoms with van der Waals surface area (Å²) < 4.78 is 0. The highest BCUT2D eigenvalue weighted by Gasteiger charge is 2.26. The summed E-state index contributed by atoms with van der Waals surface area (Å²) in [5.74, 6) is 3.26. The molecule has 2 unspecified atom stereocenters. The molecule has 2 aliphatic rings. The molecular formula is C14H24N4. The molecule has 4 heteroatoms. The monoisotopic (exact) mass is 248 g/mol. The van der Waals surface area contributed by atoms with E-state index >= 15 is 0 Å². The largest absolute Gasteiger partial charge is 0.328 e. The van der Waals surface area contributed by atoms with Gasteiger partial charge in [0.25, 0.3) is 0 Å². The molecule has 4 nitrogen and oxygen atoms in total. The van der Waals surface area contributed by atoms with Crippen LogP contribution in [0.2, 0.25) is 0 Å². The van der Waals surface area contributed by atoms with E-state index in [1.54, 1.807) is 0 Å². The molecule has 1 aromatic rings. The van der Waals surface area contributed by atoms with E-state index in [0.29, 0.717) is 17.9 Å². The highest BCUT2D eigenvalue weighted by atomic mass is 15.2. The highest BCUT2D eigenvalue weighted by molar-refractivity contribution is 5.04. The van der Waals surface area contributed by atoms with Crippen molar-refractivity contribution in [2.45, 2.75) is 75.7 Å². The van der Waals surface area contributed by atoms with Gasteiger partial charge in [-0.3, -0.25) is 5.10 Å². The van der Waals surface area contributed by atoms with Gasteiger partial charge >= 0.3 is 0 Å². The minimum Gasteiger partial charge on any atom is -0.328 e. The SMILES string of the molecule is NC1CCCC(c2n[nH]c(C3CCCCC3)n2)C1. The predicted molar refractivity (Wildman–Crippen MR) is 71.4 cm³/mol. The molecule has 0 amide bonds. The molecule has 18 heavy (non-hydrogen) atoms. The van der Waals surface area contributed by atoms with Gasteiger partial charge in [-0.15, -0.1) is 0 Å². The zero-order chi connectivity index (χ0) is 12.4. The normalized spacial score (nSPS) is 30.5. The molecule has 2 saturated carbocycles. The topological polar surface area (TPSA) is 67.6 Å². The van der Waals surface area contributed by atoms with Gasteiger partial charge in [0.15, 0.2) is 5.82 Å². The Morgan fingerprint density at radius 2 is 1.72 bits per heavy atom. The first kappa shape index (κ1) is 12.2. The second-order valence-corrected chi connectivity index (χ2v) is 6.04. The Morgan fingerprint density at radius 1 is 0.944 bits per heavy atom. The number of nitrogens with one attached hydrogen (secondary N) is 1. The average Bonchev–Trinajstić information content (AvgIpc) is 2.89. The fraction of sp³-hybridized carbons (Fsp3) is 0.857. The van der Waals surface area contributed by atoms with Crippen LogP contribution in [0.1, 0.15) is 81.3 Å². The summed E-state index contributed by atoms with van der Waals surface area (Å²) in [5.41, 5.74) is 6.05. The summed E-state index contributed by atoms with van der Waals surface area (Å²) in [6.07, 6.45) is 11.3. The third-order valence-electron chi connectivity index (χ3n) is 4.59. The van der Waals surface area contributed by atoms with Gasteiger partial charge < -0.3 is 5.73 Å². The van der Waals surface area contributed by atoms with Crippen molar-refractivity contribution >= 4 is 0 Å². The number of hydrogen-bond acceptors (Lipinski definition) is 3. The van der Waals surface area contributed by atoms with E-state index in [-0.39, 0.29) is 0 Å². The maximum absolute atomic E-state index is 6.05. The fourth-order valence-electron chi connectivity index (χ4n) is 3.49. The lowest BCUT2D eigenvalue weighted by atomic mass is 9.85. The third kappa shape index (κ3) is 2.58. The molecule has 0 bridgehead atoms. The Labute approximate surface area is 109 Å². The van der Waals surface area contributed by atoms with Crippen LogP contribution in [-0.4, -0.2) is 21.2 Å². The molecule has 2 aliphatic carbocycles. The minimum absolute atomic E-state index is 0.348. The fourth-order valence-corrected chi connectivity index (χ4v) is 3.49. The Morgan fingerprint density at radius 3 is 2.50 bits per heavy atom. The number of rotatable bonds is 2. The van der Waals surface area contributed by atoms with E-state index in [1.807, 2.05) is 0 Å². The molecule has 2 atom stereocenters. The second kappa shape index (κ2) is 5.39. The van der Waals surface area contributed by atoms with Crippen molar-refractivity contribution in [3.63, 3.8) is 0 Å². The van der Waals surface area contributed by atoms with Gasteiger partial charge in [-0.2, -0.15) is 5.10 Å². The summed E-state index contributed by atoms with van der Waals surface area (Å²) in [6.45, 7) is 0. The molecular weight excluding hydrogens is 224 g/mol. The number of nitrogens with two attached hydrogens (primary N) is 1. The lowest BCUT2D eigenvalue weighted by Gasteiger charge is -2.24. The van der Waals surface area contributed by atoms with Gasteiger partial charge in [-0.05, 0) is 32.1 Å². The van der Waals surface area contributed by atoms with Crippen LogP contribution >= 0.6 is 0 Å². The smallest absolute Gasteiger partial charge is 0.153 e. The number of hydrogen-bond donors (Lipinski definition) is 2. The van der Waals surface area contributed by atoms with Crippen molar-refractivity contribution in [1.29, 1.82) is 0 Å². The van der Waals surface area contributed by atoms with Crippen LogP contribution in [0.3, 0.4) is 0 Å².